The highest BCUT2D eigenvalue weighted by Crippen LogP contribution is 2.16. The lowest BCUT2D eigenvalue weighted by molar-refractivity contribution is -1.01. The monoisotopic (exact) mass is 429 g/mol. The number of ketones is 1. The number of Topliss-reactive ketones (excluding diaryl/α,β-unsaturated/α-hetero) is 1. The molecule has 0 bridgehead atoms. The number of rotatable bonds is 9. The predicted molar refractivity (Wildman–Crippen MR) is 118 cm³/mol. The average molecular weight is 430 g/mol. The fourth-order valence-electron chi connectivity index (χ4n) is 4.40. The molecule has 3 rings (SSSR count). The standard InChI is InChI=1S/C24H33N3O4/c1-18-15-22(19(2)27(18)10-9-24(29)31-4)23(28)17-26-13-11-25(12-14-26)16-20-5-7-21(30-3)8-6-20/h5-8,15H,9-14,16-17H2,1-4H3/p+2. The molecule has 2 aromatic rings. The summed E-state index contributed by atoms with van der Waals surface area (Å²) in [4.78, 5) is 27.4. The van der Waals surface area contributed by atoms with Crippen molar-refractivity contribution in [1.82, 2.24) is 4.57 Å². The first kappa shape index (κ1) is 23.0. The van der Waals surface area contributed by atoms with Gasteiger partial charge in [-0.1, -0.05) is 0 Å². The number of aryl methyl sites for hydroxylation is 1. The van der Waals surface area contributed by atoms with E-state index in [-0.39, 0.29) is 11.8 Å². The van der Waals surface area contributed by atoms with Crippen LogP contribution in [0.5, 0.6) is 5.75 Å². The minimum absolute atomic E-state index is 0.186. The summed E-state index contributed by atoms with van der Waals surface area (Å²) in [6.45, 7) is 10.1. The number of ether oxygens (including phenoxy) is 2. The average Bonchev–Trinajstić information content (AvgIpc) is 3.07. The Hall–Kier alpha value is -2.64. The molecular weight excluding hydrogens is 394 g/mol. The molecule has 0 radical (unpaired) electrons. The molecular formula is C24H35N3O4+2. The van der Waals surface area contributed by atoms with Crippen molar-refractivity contribution in [3.63, 3.8) is 0 Å². The van der Waals surface area contributed by atoms with Crippen molar-refractivity contribution in [2.75, 3.05) is 46.9 Å². The van der Waals surface area contributed by atoms with E-state index in [2.05, 4.69) is 12.1 Å². The van der Waals surface area contributed by atoms with E-state index in [4.69, 9.17) is 9.47 Å². The largest absolute Gasteiger partial charge is 0.497 e. The molecule has 31 heavy (non-hydrogen) atoms. The molecule has 7 nitrogen and oxygen atoms in total. The number of quaternary nitrogens is 2. The summed E-state index contributed by atoms with van der Waals surface area (Å²) in [5.41, 5.74) is 4.04. The van der Waals surface area contributed by atoms with E-state index in [9.17, 15) is 9.59 Å². The van der Waals surface area contributed by atoms with Gasteiger partial charge in [-0.15, -0.1) is 0 Å². The fraction of sp³-hybridized carbons (Fsp3) is 0.500. The van der Waals surface area contributed by atoms with Gasteiger partial charge in [-0.25, -0.2) is 0 Å². The molecule has 1 saturated heterocycles. The Labute approximate surface area is 184 Å². The lowest BCUT2D eigenvalue weighted by atomic mass is 10.1. The number of nitrogens with one attached hydrogen (secondary N) is 2. The quantitative estimate of drug-likeness (QED) is 0.430. The van der Waals surface area contributed by atoms with Crippen molar-refractivity contribution in [3.05, 3.63) is 52.8 Å². The SMILES string of the molecule is COC(=O)CCn1c(C)cc(C(=O)C[NH+]2CC[NH+](Cc3ccc(OC)cc3)CC2)c1C. The van der Waals surface area contributed by atoms with Gasteiger partial charge < -0.3 is 23.8 Å². The number of hydrogen-bond acceptors (Lipinski definition) is 4. The molecule has 1 aromatic carbocycles. The van der Waals surface area contributed by atoms with E-state index in [1.165, 1.54) is 17.6 Å². The van der Waals surface area contributed by atoms with Gasteiger partial charge in [-0.3, -0.25) is 9.59 Å². The predicted octanol–water partition coefficient (Wildman–Crippen LogP) is -0.157. The summed E-state index contributed by atoms with van der Waals surface area (Å²) in [7, 11) is 3.08. The van der Waals surface area contributed by atoms with Gasteiger partial charge in [0.2, 0.25) is 5.78 Å². The van der Waals surface area contributed by atoms with Crippen LogP contribution in [-0.4, -0.2) is 63.3 Å². The topological polar surface area (TPSA) is 66.4 Å². The summed E-state index contributed by atoms with van der Waals surface area (Å²) < 4.78 is 12.0. The molecule has 1 aliphatic rings. The lowest BCUT2D eigenvalue weighted by Crippen LogP contribution is -3.27. The third-order valence-electron chi connectivity index (χ3n) is 6.33. The number of methoxy groups -OCH3 is 2. The molecule has 7 heteroatoms. The van der Waals surface area contributed by atoms with Crippen LogP contribution in [0.15, 0.2) is 30.3 Å². The molecule has 0 saturated carbocycles. The van der Waals surface area contributed by atoms with Gasteiger partial charge in [0, 0.05) is 29.1 Å². The van der Waals surface area contributed by atoms with Crippen LogP contribution in [0.3, 0.4) is 0 Å². The maximum Gasteiger partial charge on any atom is 0.307 e. The van der Waals surface area contributed by atoms with E-state index in [0.29, 0.717) is 19.5 Å². The summed E-state index contributed by atoms with van der Waals surface area (Å²) >= 11 is 0. The van der Waals surface area contributed by atoms with Gasteiger partial charge in [0.1, 0.15) is 45.0 Å². The van der Waals surface area contributed by atoms with E-state index >= 15 is 0 Å². The highest BCUT2D eigenvalue weighted by atomic mass is 16.5. The van der Waals surface area contributed by atoms with E-state index in [1.54, 1.807) is 12.0 Å². The number of hydrogen-bond donors (Lipinski definition) is 2. The second-order valence-corrected chi connectivity index (χ2v) is 8.39. The summed E-state index contributed by atoms with van der Waals surface area (Å²) in [6.07, 6.45) is 0.310. The van der Waals surface area contributed by atoms with Crippen LogP contribution >= 0.6 is 0 Å². The number of benzene rings is 1. The van der Waals surface area contributed by atoms with E-state index < -0.39 is 0 Å². The number of esters is 1. The Balaban J connectivity index is 1.51. The third-order valence-corrected chi connectivity index (χ3v) is 6.33. The number of carbonyl (C=O) groups excluding carboxylic acids is 2. The first-order valence-electron chi connectivity index (χ1n) is 11.0. The van der Waals surface area contributed by atoms with Gasteiger partial charge in [0.15, 0.2) is 0 Å². The summed E-state index contributed by atoms with van der Waals surface area (Å²) in [5.74, 6) is 0.835. The van der Waals surface area contributed by atoms with Gasteiger partial charge >= 0.3 is 5.97 Å². The van der Waals surface area contributed by atoms with E-state index in [1.807, 2.05) is 36.6 Å². The van der Waals surface area contributed by atoms with E-state index in [0.717, 1.165) is 55.4 Å². The Morgan fingerprint density at radius 3 is 2.26 bits per heavy atom. The maximum absolute atomic E-state index is 13.0. The minimum atomic E-state index is -0.236. The molecule has 1 aromatic heterocycles. The second-order valence-electron chi connectivity index (χ2n) is 8.39. The Morgan fingerprint density at radius 2 is 1.65 bits per heavy atom. The highest BCUT2D eigenvalue weighted by molar-refractivity contribution is 5.98. The number of nitrogens with zero attached hydrogens (tertiary/aromatic N) is 1. The zero-order valence-corrected chi connectivity index (χ0v) is 19.1. The molecule has 1 aliphatic heterocycles. The molecule has 0 aliphatic carbocycles. The zero-order chi connectivity index (χ0) is 22.4. The highest BCUT2D eigenvalue weighted by Gasteiger charge is 2.27. The fourth-order valence-corrected chi connectivity index (χ4v) is 4.40. The molecule has 0 amide bonds. The molecule has 168 valence electrons. The van der Waals surface area contributed by atoms with Crippen LogP contribution in [0, 0.1) is 13.8 Å². The van der Waals surface area contributed by atoms with Gasteiger partial charge in [0.25, 0.3) is 0 Å². The molecule has 0 spiro atoms. The minimum Gasteiger partial charge on any atom is -0.497 e. The normalized spacial score (nSPS) is 18.6. The van der Waals surface area contributed by atoms with Crippen molar-refractivity contribution >= 4 is 11.8 Å². The molecule has 1 fully saturated rings. The van der Waals surface area contributed by atoms with Crippen LogP contribution in [0.4, 0.5) is 0 Å². The van der Waals surface area contributed by atoms with Crippen LogP contribution in [0.1, 0.15) is 33.7 Å². The summed E-state index contributed by atoms with van der Waals surface area (Å²) in [6, 6.07) is 10.2. The van der Waals surface area contributed by atoms with Crippen molar-refractivity contribution in [3.8, 4) is 5.75 Å². The first-order valence-corrected chi connectivity index (χ1v) is 11.0. The summed E-state index contributed by atoms with van der Waals surface area (Å²) in [5, 5.41) is 0. The zero-order valence-electron chi connectivity index (χ0n) is 19.1. The third kappa shape index (κ3) is 5.95. The van der Waals surface area contributed by atoms with Crippen molar-refractivity contribution in [2.45, 2.75) is 33.4 Å². The number of carbonyl (C=O) groups is 2. The van der Waals surface area contributed by atoms with Crippen LogP contribution in [-0.2, 0) is 22.6 Å². The van der Waals surface area contributed by atoms with Gasteiger partial charge in [-0.05, 0) is 44.2 Å². The van der Waals surface area contributed by atoms with Crippen LogP contribution < -0.4 is 14.5 Å². The van der Waals surface area contributed by atoms with Crippen LogP contribution in [0.2, 0.25) is 0 Å². The second kappa shape index (κ2) is 10.6. The van der Waals surface area contributed by atoms with Crippen molar-refractivity contribution < 1.29 is 28.9 Å². The maximum atomic E-state index is 13.0. The molecule has 0 atom stereocenters. The van der Waals surface area contributed by atoms with Crippen molar-refractivity contribution in [1.29, 1.82) is 0 Å². The lowest BCUT2D eigenvalue weighted by Gasteiger charge is -2.29. The molecule has 2 N–H and O–H groups in total. The smallest absolute Gasteiger partial charge is 0.307 e. The number of aromatic nitrogens is 1. The Kier molecular flexibility index (Phi) is 7.87. The Morgan fingerprint density at radius 1 is 1.00 bits per heavy atom. The molecule has 2 heterocycles. The first-order chi connectivity index (χ1) is 14.9. The van der Waals surface area contributed by atoms with Crippen LogP contribution in [0.25, 0.3) is 0 Å². The molecule has 0 unspecified atom stereocenters. The van der Waals surface area contributed by atoms with Gasteiger partial charge in [0.05, 0.1) is 20.6 Å². The van der Waals surface area contributed by atoms with Gasteiger partial charge in [-0.2, -0.15) is 0 Å². The number of piperazine rings is 1. The Bertz CT molecular complexity index is 896. The van der Waals surface area contributed by atoms with Crippen molar-refractivity contribution in [2.24, 2.45) is 0 Å².